The number of ether oxygens (including phenoxy) is 8. The summed E-state index contributed by atoms with van der Waals surface area (Å²) in [6, 6.07) is 24.3. The van der Waals surface area contributed by atoms with Gasteiger partial charge in [-0.05, 0) is 116 Å². The van der Waals surface area contributed by atoms with Crippen molar-refractivity contribution in [2.45, 2.75) is 38.5 Å². The van der Waals surface area contributed by atoms with Gasteiger partial charge in [-0.2, -0.15) is 0 Å². The smallest absolute Gasteiger partial charge is 0.343 e. The maximum Gasteiger partial charge on any atom is 0.343 e. The third-order valence-electron chi connectivity index (χ3n) is 8.60. The summed E-state index contributed by atoms with van der Waals surface area (Å²) in [6.07, 6.45) is 6.61. The summed E-state index contributed by atoms with van der Waals surface area (Å²) in [4.78, 5) is 72.1. The van der Waals surface area contributed by atoms with Crippen LogP contribution in [0.15, 0.2) is 129 Å². The summed E-state index contributed by atoms with van der Waals surface area (Å²) >= 11 is 0. The highest BCUT2D eigenvalue weighted by Crippen LogP contribution is 2.30. The second-order valence-electron chi connectivity index (χ2n) is 13.1. The van der Waals surface area contributed by atoms with E-state index in [1.165, 1.54) is 36.4 Å². The molecule has 0 aliphatic heterocycles. The van der Waals surface area contributed by atoms with Crippen molar-refractivity contribution in [3.63, 3.8) is 0 Å². The number of hydrogen-bond donors (Lipinski definition) is 0. The van der Waals surface area contributed by atoms with Gasteiger partial charge in [0.25, 0.3) is 0 Å². The Hall–Kier alpha value is -7.48. The summed E-state index contributed by atoms with van der Waals surface area (Å²) < 4.78 is 43.1. The normalized spacial score (nSPS) is 10.3. The van der Waals surface area contributed by atoms with Crippen molar-refractivity contribution in [1.82, 2.24) is 0 Å². The second kappa shape index (κ2) is 25.9. The molecule has 62 heavy (non-hydrogen) atoms. The Bertz CT molecular complexity index is 2160. The van der Waals surface area contributed by atoms with Gasteiger partial charge in [-0.25, -0.2) is 28.8 Å². The highest BCUT2D eigenvalue weighted by molar-refractivity contribution is 5.93. The van der Waals surface area contributed by atoms with E-state index in [0.29, 0.717) is 67.9 Å². The monoisotopic (exact) mass is 848 g/mol. The molecule has 0 bridgehead atoms. The fourth-order valence-corrected chi connectivity index (χ4v) is 5.29. The van der Waals surface area contributed by atoms with Crippen LogP contribution in [-0.4, -0.2) is 75.5 Å². The molecule has 0 aliphatic rings. The molecular weight excluding hydrogens is 801 g/mol. The van der Waals surface area contributed by atoms with Gasteiger partial charge in [0.2, 0.25) is 0 Å². The largest absolute Gasteiger partial charge is 0.490 e. The lowest BCUT2D eigenvalue weighted by Crippen LogP contribution is -2.11. The van der Waals surface area contributed by atoms with E-state index in [1.807, 2.05) is 0 Å². The lowest BCUT2D eigenvalue weighted by Gasteiger charge is -2.14. The first-order chi connectivity index (χ1) is 30.1. The highest BCUT2D eigenvalue weighted by atomic mass is 16.6. The van der Waals surface area contributed by atoms with E-state index in [0.717, 1.165) is 29.4 Å². The lowest BCUT2D eigenvalue weighted by molar-refractivity contribution is -0.138. The van der Waals surface area contributed by atoms with Crippen LogP contribution >= 0.6 is 0 Å². The van der Waals surface area contributed by atoms with E-state index in [9.17, 15) is 28.8 Å². The van der Waals surface area contributed by atoms with Gasteiger partial charge >= 0.3 is 35.8 Å². The molecule has 4 aromatic rings. The molecule has 0 spiro atoms. The molecule has 0 radical (unpaired) electrons. The summed E-state index contributed by atoms with van der Waals surface area (Å²) in [7, 11) is 0. The molecule has 324 valence electrons. The average molecular weight is 849 g/mol. The molecule has 14 heteroatoms. The summed E-state index contributed by atoms with van der Waals surface area (Å²) in [5.74, 6) is -2.06. The van der Waals surface area contributed by atoms with Crippen LogP contribution in [-0.2, 0) is 33.3 Å². The molecule has 0 atom stereocenters. The molecule has 4 aromatic carbocycles. The lowest BCUT2D eigenvalue weighted by atomic mass is 10.0. The summed E-state index contributed by atoms with van der Waals surface area (Å²) in [6.45, 7) is 11.4. The predicted molar refractivity (Wildman–Crippen MR) is 227 cm³/mol. The number of esters is 6. The van der Waals surface area contributed by atoms with E-state index in [2.05, 4.69) is 19.7 Å². The van der Waals surface area contributed by atoms with Gasteiger partial charge in [0.1, 0.15) is 11.5 Å². The van der Waals surface area contributed by atoms with Crippen LogP contribution in [0.3, 0.4) is 0 Å². The molecule has 14 nitrogen and oxygen atoms in total. The molecule has 0 unspecified atom stereocenters. The minimum absolute atomic E-state index is 0.183. The molecule has 0 aromatic heterocycles. The van der Waals surface area contributed by atoms with E-state index < -0.39 is 35.8 Å². The standard InChI is InChI=1S/C48H48O14/c1-4-43(49)57-29-9-7-27-55-41-26-21-38(33-42(41)56-28-8-10-30-58-44(50)5-2)48(54)62-40-24-19-37(20-25-40)47(53)61-39-22-17-35(18-23-39)34-13-15-36(16-14-34)46(52)60-32-12-11-31-59-45(51)6-3/h4-6,13-26,33H,1-3,7-12,27-32H2. The zero-order valence-electron chi connectivity index (χ0n) is 34.2. The van der Waals surface area contributed by atoms with Crippen molar-refractivity contribution < 1.29 is 66.7 Å². The van der Waals surface area contributed by atoms with E-state index >= 15 is 0 Å². The van der Waals surface area contributed by atoms with Crippen molar-refractivity contribution in [3.05, 3.63) is 146 Å². The summed E-state index contributed by atoms with van der Waals surface area (Å²) in [5.41, 5.74) is 2.46. The Kier molecular flexibility index (Phi) is 19.7. The van der Waals surface area contributed by atoms with Crippen LogP contribution in [0, 0.1) is 0 Å². The van der Waals surface area contributed by atoms with Crippen LogP contribution in [0.5, 0.6) is 23.0 Å². The van der Waals surface area contributed by atoms with Crippen molar-refractivity contribution in [1.29, 1.82) is 0 Å². The first kappa shape index (κ1) is 47.2. The maximum atomic E-state index is 13.2. The van der Waals surface area contributed by atoms with Crippen molar-refractivity contribution in [3.8, 4) is 34.1 Å². The highest BCUT2D eigenvalue weighted by Gasteiger charge is 2.16. The zero-order chi connectivity index (χ0) is 44.5. The molecule has 0 saturated carbocycles. The SMILES string of the molecule is C=CC(=O)OCCCCOC(=O)c1ccc(-c2ccc(OC(=O)c3ccc(OC(=O)c4ccc(OCCCCOC(=O)C=C)c(OCCCCOC(=O)C=C)c4)cc3)cc2)cc1. The molecular formula is C48H48O14. The average Bonchev–Trinajstić information content (AvgIpc) is 3.30. The number of unbranched alkanes of at least 4 members (excludes halogenated alkanes) is 3. The Labute approximate surface area is 359 Å². The van der Waals surface area contributed by atoms with Crippen molar-refractivity contribution >= 4 is 35.8 Å². The number of hydrogen-bond acceptors (Lipinski definition) is 14. The number of carbonyl (C=O) groups is 6. The fraction of sp³-hybridized carbons (Fsp3) is 0.250. The Balaban J connectivity index is 1.27. The minimum Gasteiger partial charge on any atom is -0.490 e. The number of rotatable bonds is 26. The molecule has 4 rings (SSSR count). The molecule has 0 saturated heterocycles. The van der Waals surface area contributed by atoms with Crippen LogP contribution in [0.4, 0.5) is 0 Å². The van der Waals surface area contributed by atoms with E-state index in [-0.39, 0.29) is 49.9 Å². The van der Waals surface area contributed by atoms with E-state index in [1.54, 1.807) is 54.6 Å². The maximum absolute atomic E-state index is 13.2. The van der Waals surface area contributed by atoms with Crippen LogP contribution in [0.25, 0.3) is 11.1 Å². The zero-order valence-corrected chi connectivity index (χ0v) is 34.2. The Morgan fingerprint density at radius 2 is 0.742 bits per heavy atom. The number of carbonyl (C=O) groups excluding carboxylic acids is 6. The molecule has 0 aliphatic carbocycles. The van der Waals surface area contributed by atoms with Gasteiger partial charge in [-0.3, -0.25) is 0 Å². The summed E-state index contributed by atoms with van der Waals surface area (Å²) in [5, 5.41) is 0. The topological polar surface area (TPSA) is 176 Å². The molecule has 0 heterocycles. The van der Waals surface area contributed by atoms with Crippen molar-refractivity contribution in [2.24, 2.45) is 0 Å². The van der Waals surface area contributed by atoms with Gasteiger partial charge < -0.3 is 37.9 Å². The third kappa shape index (κ3) is 16.3. The Morgan fingerprint density at radius 3 is 1.23 bits per heavy atom. The van der Waals surface area contributed by atoms with Gasteiger partial charge in [0.15, 0.2) is 11.5 Å². The van der Waals surface area contributed by atoms with Crippen LogP contribution in [0.2, 0.25) is 0 Å². The minimum atomic E-state index is -0.677. The Morgan fingerprint density at radius 1 is 0.387 bits per heavy atom. The molecule has 0 fully saturated rings. The fourth-order valence-electron chi connectivity index (χ4n) is 5.29. The molecule has 0 amide bonds. The van der Waals surface area contributed by atoms with Gasteiger partial charge in [-0.1, -0.05) is 44.0 Å². The van der Waals surface area contributed by atoms with Crippen LogP contribution < -0.4 is 18.9 Å². The van der Waals surface area contributed by atoms with Crippen LogP contribution in [0.1, 0.15) is 69.6 Å². The number of benzene rings is 4. The first-order valence-corrected chi connectivity index (χ1v) is 19.8. The second-order valence-corrected chi connectivity index (χ2v) is 13.1. The third-order valence-corrected chi connectivity index (χ3v) is 8.60. The molecule has 0 N–H and O–H groups in total. The van der Waals surface area contributed by atoms with Crippen molar-refractivity contribution in [2.75, 3.05) is 39.6 Å². The van der Waals surface area contributed by atoms with Gasteiger partial charge in [0.05, 0.1) is 56.3 Å². The van der Waals surface area contributed by atoms with E-state index in [4.69, 9.17) is 37.9 Å². The predicted octanol–water partition coefficient (Wildman–Crippen LogP) is 8.23. The first-order valence-electron chi connectivity index (χ1n) is 19.8. The van der Waals surface area contributed by atoms with Gasteiger partial charge in [0, 0.05) is 18.2 Å². The van der Waals surface area contributed by atoms with Gasteiger partial charge in [-0.15, -0.1) is 0 Å². The quantitative estimate of drug-likeness (QED) is 0.0194.